The number of carbonyl (C=O) groups excluding carboxylic acids is 2. The molecule has 1 amide bonds. The van der Waals surface area contributed by atoms with Crippen molar-refractivity contribution in [3.05, 3.63) is 40.3 Å². The number of carbonyl (C=O) groups is 2. The zero-order valence-corrected chi connectivity index (χ0v) is 16.4. The Morgan fingerprint density at radius 3 is 2.67 bits per heavy atom. The maximum Gasteiger partial charge on any atom is 0.221 e. The van der Waals surface area contributed by atoms with Gasteiger partial charge in [-0.15, -0.1) is 11.3 Å². The van der Waals surface area contributed by atoms with E-state index in [1.54, 1.807) is 24.4 Å². The highest BCUT2D eigenvalue weighted by molar-refractivity contribution is 7.09. The van der Waals surface area contributed by atoms with Crippen molar-refractivity contribution >= 4 is 23.0 Å². The van der Waals surface area contributed by atoms with Crippen molar-refractivity contribution in [2.45, 2.75) is 39.2 Å². The largest absolute Gasteiger partial charge is 0.486 e. The van der Waals surface area contributed by atoms with Crippen LogP contribution in [-0.2, 0) is 4.79 Å². The van der Waals surface area contributed by atoms with E-state index in [1.165, 1.54) is 11.3 Å². The van der Waals surface area contributed by atoms with Gasteiger partial charge in [0.05, 0.1) is 6.04 Å². The first-order valence-corrected chi connectivity index (χ1v) is 10.0. The monoisotopic (exact) mass is 388 g/mol. The summed E-state index contributed by atoms with van der Waals surface area (Å²) >= 11 is 1.53. The number of hydrogen-bond acceptors (Lipinski definition) is 6. The molecule has 6 nitrogen and oxygen atoms in total. The normalized spacial score (nSPS) is 14.0. The first-order chi connectivity index (χ1) is 13.0. The van der Waals surface area contributed by atoms with Crippen LogP contribution in [0.4, 0.5) is 0 Å². The molecular formula is C20H24N2O4S. The van der Waals surface area contributed by atoms with E-state index in [9.17, 15) is 9.59 Å². The third-order valence-corrected chi connectivity index (χ3v) is 5.12. The van der Waals surface area contributed by atoms with Crippen LogP contribution in [0.3, 0.4) is 0 Å². The van der Waals surface area contributed by atoms with Gasteiger partial charge in [-0.3, -0.25) is 9.59 Å². The number of aromatic nitrogens is 1. The van der Waals surface area contributed by atoms with E-state index in [2.05, 4.69) is 24.1 Å². The molecule has 0 fully saturated rings. The highest BCUT2D eigenvalue weighted by atomic mass is 32.1. The number of ketones is 1. The van der Waals surface area contributed by atoms with Crippen molar-refractivity contribution in [3.8, 4) is 11.5 Å². The minimum atomic E-state index is -0.137. The number of rotatable bonds is 8. The molecule has 2 aromatic rings. The fourth-order valence-corrected chi connectivity index (χ4v) is 3.66. The summed E-state index contributed by atoms with van der Waals surface area (Å²) in [4.78, 5) is 29.1. The summed E-state index contributed by atoms with van der Waals surface area (Å²) in [5, 5.41) is 5.82. The van der Waals surface area contributed by atoms with Gasteiger partial charge < -0.3 is 14.8 Å². The molecule has 2 heterocycles. The summed E-state index contributed by atoms with van der Waals surface area (Å²) < 4.78 is 11.0. The van der Waals surface area contributed by atoms with Crippen molar-refractivity contribution in [3.63, 3.8) is 0 Å². The number of nitrogens with zero attached hydrogens (tertiary/aromatic N) is 1. The van der Waals surface area contributed by atoms with Crippen LogP contribution in [0.15, 0.2) is 29.8 Å². The van der Waals surface area contributed by atoms with Crippen LogP contribution in [-0.4, -0.2) is 29.9 Å². The second-order valence-electron chi connectivity index (χ2n) is 6.90. The number of ether oxygens (including phenoxy) is 2. The molecule has 0 radical (unpaired) electrons. The molecule has 0 saturated carbocycles. The molecule has 1 unspecified atom stereocenters. The fraction of sp³-hybridized carbons (Fsp3) is 0.450. The molecular weight excluding hydrogens is 364 g/mol. The van der Waals surface area contributed by atoms with Crippen LogP contribution in [0.2, 0.25) is 0 Å². The lowest BCUT2D eigenvalue weighted by Crippen LogP contribution is -2.29. The number of Topliss-reactive ketones (excluding diaryl/α,β-unsaturated/α-hetero) is 1. The Labute approximate surface area is 162 Å². The number of benzene rings is 1. The average molecular weight is 388 g/mol. The van der Waals surface area contributed by atoms with Crippen molar-refractivity contribution < 1.29 is 19.1 Å². The molecule has 0 saturated heterocycles. The van der Waals surface area contributed by atoms with Crippen LogP contribution in [0, 0.1) is 5.92 Å². The molecule has 144 valence electrons. The lowest BCUT2D eigenvalue weighted by molar-refractivity contribution is -0.121. The topological polar surface area (TPSA) is 77.5 Å². The number of thiazole rings is 1. The smallest absolute Gasteiger partial charge is 0.221 e. The van der Waals surface area contributed by atoms with Gasteiger partial charge in [0.15, 0.2) is 17.3 Å². The minimum absolute atomic E-state index is 0.0863. The number of fused-ring (bicyclic) bond motifs is 1. The van der Waals surface area contributed by atoms with E-state index in [0.29, 0.717) is 36.2 Å². The van der Waals surface area contributed by atoms with Crippen molar-refractivity contribution in [1.29, 1.82) is 0 Å². The van der Waals surface area contributed by atoms with Crippen molar-refractivity contribution in [2.75, 3.05) is 13.2 Å². The van der Waals surface area contributed by atoms with Gasteiger partial charge in [-0.05, 0) is 30.5 Å². The quantitative estimate of drug-likeness (QED) is 0.697. The standard InChI is InChI=1S/C20H24N2O4S/c1-13(2)11-15(20-21-7-10-27-20)22-19(24)6-4-16(23)14-3-5-17-18(12-14)26-9-8-25-17/h3,5,7,10,12-13,15H,4,6,8-9,11H2,1-2H3,(H,22,24). The van der Waals surface area contributed by atoms with E-state index < -0.39 is 0 Å². The first kappa shape index (κ1) is 19.4. The van der Waals surface area contributed by atoms with Gasteiger partial charge in [0.25, 0.3) is 0 Å². The zero-order chi connectivity index (χ0) is 19.2. The molecule has 0 bridgehead atoms. The summed E-state index contributed by atoms with van der Waals surface area (Å²) in [6.07, 6.45) is 2.85. The van der Waals surface area contributed by atoms with Gasteiger partial charge in [-0.25, -0.2) is 4.98 Å². The Morgan fingerprint density at radius 1 is 1.19 bits per heavy atom. The van der Waals surface area contributed by atoms with Crippen LogP contribution >= 0.6 is 11.3 Å². The Kier molecular flexibility index (Phi) is 6.45. The van der Waals surface area contributed by atoms with Gasteiger partial charge in [0.2, 0.25) is 5.91 Å². The SMILES string of the molecule is CC(C)CC(NC(=O)CCC(=O)c1ccc2c(c1)OCCO2)c1nccs1. The second-order valence-corrected chi connectivity index (χ2v) is 7.83. The molecule has 3 rings (SSSR count). The third kappa shape index (κ3) is 5.29. The molecule has 0 spiro atoms. The van der Waals surface area contributed by atoms with Crippen molar-refractivity contribution in [1.82, 2.24) is 10.3 Å². The van der Waals surface area contributed by atoms with Crippen LogP contribution < -0.4 is 14.8 Å². The summed E-state index contributed by atoms with van der Waals surface area (Å²) in [6, 6.07) is 5.03. The molecule has 1 aliphatic rings. The van der Waals surface area contributed by atoms with Gasteiger partial charge in [0, 0.05) is 30.0 Å². The highest BCUT2D eigenvalue weighted by Crippen LogP contribution is 2.31. The maximum atomic E-state index is 12.4. The lowest BCUT2D eigenvalue weighted by atomic mass is 10.0. The molecule has 1 N–H and O–H groups in total. The number of nitrogens with one attached hydrogen (secondary N) is 1. The minimum Gasteiger partial charge on any atom is -0.486 e. The Morgan fingerprint density at radius 2 is 1.96 bits per heavy atom. The molecule has 7 heteroatoms. The maximum absolute atomic E-state index is 12.4. The van der Waals surface area contributed by atoms with E-state index in [4.69, 9.17) is 9.47 Å². The first-order valence-electron chi connectivity index (χ1n) is 9.14. The second kappa shape index (κ2) is 8.99. The number of amides is 1. The van der Waals surface area contributed by atoms with Crippen LogP contribution in [0.5, 0.6) is 11.5 Å². The van der Waals surface area contributed by atoms with Crippen molar-refractivity contribution in [2.24, 2.45) is 5.92 Å². The van der Waals surface area contributed by atoms with Crippen LogP contribution in [0.1, 0.15) is 54.5 Å². The zero-order valence-electron chi connectivity index (χ0n) is 15.6. The van der Waals surface area contributed by atoms with E-state index in [1.807, 2.05) is 5.38 Å². The molecule has 1 atom stereocenters. The highest BCUT2D eigenvalue weighted by Gasteiger charge is 2.20. The lowest BCUT2D eigenvalue weighted by Gasteiger charge is -2.19. The van der Waals surface area contributed by atoms with E-state index in [-0.39, 0.29) is 30.6 Å². The Hall–Kier alpha value is -2.41. The molecule has 1 aromatic heterocycles. The Balaban J connectivity index is 1.55. The average Bonchev–Trinajstić information content (AvgIpc) is 3.19. The van der Waals surface area contributed by atoms with E-state index >= 15 is 0 Å². The van der Waals surface area contributed by atoms with Gasteiger partial charge in [0.1, 0.15) is 18.2 Å². The fourth-order valence-electron chi connectivity index (χ4n) is 2.95. The van der Waals surface area contributed by atoms with Gasteiger partial charge in [-0.2, -0.15) is 0 Å². The third-order valence-electron chi connectivity index (χ3n) is 4.24. The predicted molar refractivity (Wildman–Crippen MR) is 103 cm³/mol. The Bertz CT molecular complexity index is 789. The van der Waals surface area contributed by atoms with Crippen LogP contribution in [0.25, 0.3) is 0 Å². The molecule has 0 aliphatic carbocycles. The van der Waals surface area contributed by atoms with Gasteiger partial charge >= 0.3 is 0 Å². The summed E-state index contributed by atoms with van der Waals surface area (Å²) in [5.41, 5.74) is 0.533. The predicted octanol–water partition coefficient (Wildman–Crippen LogP) is 3.78. The van der Waals surface area contributed by atoms with Gasteiger partial charge in [-0.1, -0.05) is 13.8 Å². The summed E-state index contributed by atoms with van der Waals surface area (Å²) in [7, 11) is 0. The summed E-state index contributed by atoms with van der Waals surface area (Å²) in [6.45, 7) is 5.20. The molecule has 1 aliphatic heterocycles. The molecule has 27 heavy (non-hydrogen) atoms. The molecule has 1 aromatic carbocycles. The summed E-state index contributed by atoms with van der Waals surface area (Å²) in [5.74, 6) is 1.44. The number of hydrogen-bond donors (Lipinski definition) is 1. The van der Waals surface area contributed by atoms with E-state index in [0.717, 1.165) is 11.4 Å².